The summed E-state index contributed by atoms with van der Waals surface area (Å²) in [6.07, 6.45) is -5.66. The van der Waals surface area contributed by atoms with Crippen LogP contribution >= 0.6 is 0 Å². The summed E-state index contributed by atoms with van der Waals surface area (Å²) in [7, 11) is -4.25. The van der Waals surface area contributed by atoms with Crippen molar-refractivity contribution in [2.24, 2.45) is 0 Å². The van der Waals surface area contributed by atoms with E-state index in [0.717, 1.165) is 26.3 Å². The van der Waals surface area contributed by atoms with Gasteiger partial charge in [0, 0.05) is 27.7 Å². The predicted octanol–water partition coefficient (Wildman–Crippen LogP) is 0.356. The maximum Gasteiger partial charge on any atom is 0.305 e. The van der Waals surface area contributed by atoms with Gasteiger partial charge in [-0.3, -0.25) is 23.4 Å². The standard InChI is InChI=1S/C21H27NO11S/c1-11-6-8-16(9-7-11)34(27,28)29-10-17-19(30-13(3)24)20(31-14(4)25)18(22-12(2)23)21(33-17)32-15(5)26/h6-9,17-21H,10H2,1-5H3,(H,22,23)/t17?,18?,19-,20?,21?/m0/s1. The fourth-order valence-corrected chi connectivity index (χ4v) is 4.20. The van der Waals surface area contributed by atoms with E-state index in [1.165, 1.54) is 19.1 Å². The number of carbonyl (C=O) groups is 4. The Kier molecular flexibility index (Phi) is 9.13. The Balaban J connectivity index is 2.40. The van der Waals surface area contributed by atoms with Crippen LogP contribution in [0, 0.1) is 6.92 Å². The summed E-state index contributed by atoms with van der Waals surface area (Å²) < 4.78 is 51.7. The van der Waals surface area contributed by atoms with Gasteiger partial charge in [-0.25, -0.2) is 0 Å². The second kappa shape index (κ2) is 11.4. The smallest absolute Gasteiger partial charge is 0.305 e. The first-order chi connectivity index (χ1) is 15.8. The lowest BCUT2D eigenvalue weighted by molar-refractivity contribution is -0.268. The normalized spacial score (nSPS) is 24.6. The van der Waals surface area contributed by atoms with Crippen LogP contribution in [0.15, 0.2) is 29.2 Å². The van der Waals surface area contributed by atoms with Crippen molar-refractivity contribution in [3.8, 4) is 0 Å². The van der Waals surface area contributed by atoms with Crippen molar-refractivity contribution in [2.45, 2.75) is 70.2 Å². The summed E-state index contributed by atoms with van der Waals surface area (Å²) >= 11 is 0. The van der Waals surface area contributed by atoms with Crippen molar-refractivity contribution in [2.75, 3.05) is 6.61 Å². The molecule has 1 fully saturated rings. The largest absolute Gasteiger partial charge is 0.456 e. The number of ether oxygens (including phenoxy) is 4. The zero-order valence-corrected chi connectivity index (χ0v) is 20.1. The van der Waals surface area contributed by atoms with Crippen LogP contribution in [0.1, 0.15) is 33.3 Å². The van der Waals surface area contributed by atoms with Gasteiger partial charge in [-0.15, -0.1) is 0 Å². The highest BCUT2D eigenvalue weighted by molar-refractivity contribution is 7.86. The highest BCUT2D eigenvalue weighted by Gasteiger charge is 2.52. The van der Waals surface area contributed by atoms with Crippen molar-refractivity contribution in [3.63, 3.8) is 0 Å². The molecule has 4 unspecified atom stereocenters. The fraction of sp³-hybridized carbons (Fsp3) is 0.524. The van der Waals surface area contributed by atoms with E-state index in [0.29, 0.717) is 0 Å². The minimum atomic E-state index is -4.25. The lowest BCUT2D eigenvalue weighted by Gasteiger charge is -2.44. The van der Waals surface area contributed by atoms with Gasteiger partial charge in [-0.1, -0.05) is 17.7 Å². The van der Waals surface area contributed by atoms with Crippen LogP contribution in [0.5, 0.6) is 0 Å². The number of carbonyl (C=O) groups excluding carboxylic acids is 4. The number of esters is 3. The van der Waals surface area contributed by atoms with E-state index in [2.05, 4.69) is 5.32 Å². The topological polar surface area (TPSA) is 161 Å². The fourth-order valence-electron chi connectivity index (χ4n) is 3.29. The second-order valence-electron chi connectivity index (χ2n) is 7.58. The van der Waals surface area contributed by atoms with Gasteiger partial charge in [0.1, 0.15) is 12.1 Å². The van der Waals surface area contributed by atoms with Crippen LogP contribution in [0.3, 0.4) is 0 Å². The molecule has 1 aliphatic heterocycles. The lowest BCUT2D eigenvalue weighted by atomic mass is 9.96. The molecule has 0 spiro atoms. The molecule has 0 radical (unpaired) electrons. The summed E-state index contributed by atoms with van der Waals surface area (Å²) in [5.41, 5.74) is 0.835. The third-order valence-electron chi connectivity index (χ3n) is 4.60. The highest BCUT2D eigenvalue weighted by Crippen LogP contribution is 2.28. The van der Waals surface area contributed by atoms with Crippen molar-refractivity contribution < 1.29 is 50.7 Å². The van der Waals surface area contributed by atoms with E-state index in [1.807, 2.05) is 0 Å². The highest BCUT2D eigenvalue weighted by atomic mass is 32.2. The van der Waals surface area contributed by atoms with Crippen molar-refractivity contribution in [1.82, 2.24) is 5.32 Å². The molecule has 12 nitrogen and oxygen atoms in total. The van der Waals surface area contributed by atoms with Gasteiger partial charge < -0.3 is 24.3 Å². The molecule has 2 rings (SSSR count). The summed E-state index contributed by atoms with van der Waals surface area (Å²) in [6.45, 7) is 5.51. The Hall–Kier alpha value is -3.03. The van der Waals surface area contributed by atoms with Gasteiger partial charge in [-0.05, 0) is 19.1 Å². The van der Waals surface area contributed by atoms with Crippen LogP contribution < -0.4 is 5.32 Å². The van der Waals surface area contributed by atoms with E-state index in [4.69, 9.17) is 23.1 Å². The van der Waals surface area contributed by atoms with E-state index in [1.54, 1.807) is 19.1 Å². The Morgan fingerprint density at radius 1 is 0.882 bits per heavy atom. The molecule has 13 heteroatoms. The van der Waals surface area contributed by atoms with E-state index in [9.17, 15) is 27.6 Å². The molecule has 5 atom stereocenters. The summed E-state index contributed by atoms with van der Waals surface area (Å²) in [4.78, 5) is 46.8. The molecule has 0 bridgehead atoms. The summed E-state index contributed by atoms with van der Waals surface area (Å²) in [5, 5.41) is 2.45. The monoisotopic (exact) mass is 501 g/mol. The number of rotatable bonds is 8. The lowest BCUT2D eigenvalue weighted by Crippen LogP contribution is -2.66. The van der Waals surface area contributed by atoms with E-state index in [-0.39, 0.29) is 4.90 Å². The number of nitrogens with one attached hydrogen (secondary N) is 1. The maximum absolute atomic E-state index is 12.6. The first-order valence-electron chi connectivity index (χ1n) is 10.2. The average molecular weight is 502 g/mol. The molecule has 0 aromatic heterocycles. The zero-order valence-electron chi connectivity index (χ0n) is 19.3. The first kappa shape index (κ1) is 27.2. The van der Waals surface area contributed by atoms with Gasteiger partial charge in [-0.2, -0.15) is 8.42 Å². The Morgan fingerprint density at radius 2 is 1.41 bits per heavy atom. The molecular weight excluding hydrogens is 474 g/mol. The van der Waals surface area contributed by atoms with Crippen LogP contribution in [0.4, 0.5) is 0 Å². The molecule has 1 N–H and O–H groups in total. The minimum Gasteiger partial charge on any atom is -0.456 e. The van der Waals surface area contributed by atoms with Crippen LogP contribution in [-0.2, 0) is 52.4 Å². The molecule has 0 aliphatic carbocycles. The first-order valence-corrected chi connectivity index (χ1v) is 11.6. The number of amides is 1. The molecule has 0 saturated carbocycles. The molecule has 1 amide bonds. The quantitative estimate of drug-likeness (QED) is 0.297. The predicted molar refractivity (Wildman–Crippen MR) is 113 cm³/mol. The van der Waals surface area contributed by atoms with E-state index < -0.39 is 71.2 Å². The second-order valence-corrected chi connectivity index (χ2v) is 9.19. The Bertz CT molecular complexity index is 1020. The SMILES string of the molecule is CC(=O)NC1C(OC(C)=O)OC(COS(=O)(=O)c2ccc(C)cc2)[C@H](OC(C)=O)C1OC(C)=O. The van der Waals surface area contributed by atoms with Gasteiger partial charge >= 0.3 is 17.9 Å². The molecule has 1 saturated heterocycles. The van der Waals surface area contributed by atoms with Crippen LogP contribution in [0.25, 0.3) is 0 Å². The number of aryl methyl sites for hydroxylation is 1. The van der Waals surface area contributed by atoms with Crippen LogP contribution in [0.2, 0.25) is 0 Å². The zero-order chi connectivity index (χ0) is 25.6. The van der Waals surface area contributed by atoms with Gasteiger partial charge in [0.25, 0.3) is 10.1 Å². The number of benzene rings is 1. The van der Waals surface area contributed by atoms with Gasteiger partial charge in [0.15, 0.2) is 12.2 Å². The van der Waals surface area contributed by atoms with E-state index >= 15 is 0 Å². The third kappa shape index (κ3) is 7.50. The van der Waals surface area contributed by atoms with Crippen molar-refractivity contribution in [1.29, 1.82) is 0 Å². The summed E-state index contributed by atoms with van der Waals surface area (Å²) in [6, 6.07) is 4.61. The molecule has 1 aromatic rings. The molecule has 188 valence electrons. The average Bonchev–Trinajstić information content (AvgIpc) is 2.70. The third-order valence-corrected chi connectivity index (χ3v) is 5.90. The van der Waals surface area contributed by atoms with Crippen molar-refractivity contribution >= 4 is 33.9 Å². The molecular formula is C21H27NO11S. The molecule has 1 aliphatic rings. The van der Waals surface area contributed by atoms with Crippen molar-refractivity contribution in [3.05, 3.63) is 29.8 Å². The van der Waals surface area contributed by atoms with Gasteiger partial charge in [0.05, 0.1) is 11.5 Å². The Labute approximate surface area is 196 Å². The maximum atomic E-state index is 12.6. The molecule has 34 heavy (non-hydrogen) atoms. The van der Waals surface area contributed by atoms with Gasteiger partial charge in [0.2, 0.25) is 12.2 Å². The molecule has 1 heterocycles. The molecule has 1 aromatic carbocycles. The van der Waals surface area contributed by atoms with Crippen LogP contribution in [-0.4, -0.2) is 69.5 Å². The summed E-state index contributed by atoms with van der Waals surface area (Å²) in [5.74, 6) is -2.97. The minimum absolute atomic E-state index is 0.123. The number of hydrogen-bond donors (Lipinski definition) is 1. The Morgan fingerprint density at radius 3 is 1.91 bits per heavy atom. The number of hydrogen-bond acceptors (Lipinski definition) is 11.